The van der Waals surface area contributed by atoms with E-state index in [9.17, 15) is 13.6 Å². The van der Waals surface area contributed by atoms with E-state index >= 15 is 0 Å². The molecular formula is C16H10ClF2IN4O. The van der Waals surface area contributed by atoms with E-state index in [0.717, 1.165) is 12.1 Å². The molecule has 2 aromatic carbocycles. The van der Waals surface area contributed by atoms with Crippen molar-refractivity contribution in [1.29, 1.82) is 0 Å². The molecule has 0 fully saturated rings. The third-order valence-corrected chi connectivity index (χ3v) is 4.67. The largest absolute Gasteiger partial charge is 0.320 e. The topological polar surface area (TPSA) is 59.8 Å². The molecule has 1 aromatic heterocycles. The van der Waals surface area contributed by atoms with Crippen molar-refractivity contribution >= 4 is 45.8 Å². The molecule has 0 atom stereocenters. The van der Waals surface area contributed by atoms with E-state index in [1.54, 1.807) is 53.8 Å². The molecule has 9 heteroatoms. The minimum atomic E-state index is -0.754. The zero-order chi connectivity index (χ0) is 18.1. The second kappa shape index (κ2) is 7.04. The number of amides is 1. The Balaban J connectivity index is 1.89. The van der Waals surface area contributed by atoms with Crippen molar-refractivity contribution in [3.63, 3.8) is 0 Å². The SMILES string of the molecule is Cc1c(C(=O)Nc2cc(F)c(I)c(F)c2)nnn1-c1cccc(Cl)c1. The summed E-state index contributed by atoms with van der Waals surface area (Å²) in [5.74, 6) is -2.13. The van der Waals surface area contributed by atoms with Crippen molar-refractivity contribution in [2.45, 2.75) is 6.92 Å². The van der Waals surface area contributed by atoms with Crippen molar-refractivity contribution < 1.29 is 13.6 Å². The summed E-state index contributed by atoms with van der Waals surface area (Å²) < 4.78 is 28.5. The van der Waals surface area contributed by atoms with Gasteiger partial charge in [0.1, 0.15) is 11.6 Å². The van der Waals surface area contributed by atoms with Gasteiger partial charge in [-0.3, -0.25) is 4.79 Å². The Morgan fingerprint density at radius 3 is 2.56 bits per heavy atom. The van der Waals surface area contributed by atoms with Crippen molar-refractivity contribution in [2.75, 3.05) is 5.32 Å². The summed E-state index contributed by atoms with van der Waals surface area (Å²) in [5.41, 5.74) is 1.14. The van der Waals surface area contributed by atoms with Crippen LogP contribution in [0.5, 0.6) is 0 Å². The number of rotatable bonds is 3. The van der Waals surface area contributed by atoms with Crippen molar-refractivity contribution in [3.05, 3.63) is 68.0 Å². The molecule has 5 nitrogen and oxygen atoms in total. The zero-order valence-corrected chi connectivity index (χ0v) is 15.6. The van der Waals surface area contributed by atoms with Gasteiger partial charge >= 0.3 is 0 Å². The number of halogens is 4. The second-order valence-corrected chi connectivity index (χ2v) is 6.64. The van der Waals surface area contributed by atoms with E-state index in [2.05, 4.69) is 15.6 Å². The van der Waals surface area contributed by atoms with Crippen LogP contribution in [0.15, 0.2) is 36.4 Å². The lowest BCUT2D eigenvalue weighted by Crippen LogP contribution is -2.14. The number of carbonyl (C=O) groups excluding carboxylic acids is 1. The van der Waals surface area contributed by atoms with Gasteiger partial charge in [-0.05, 0) is 59.8 Å². The molecule has 128 valence electrons. The second-order valence-electron chi connectivity index (χ2n) is 5.12. The van der Waals surface area contributed by atoms with Crippen LogP contribution < -0.4 is 5.32 Å². The number of carbonyl (C=O) groups is 1. The number of aromatic nitrogens is 3. The summed E-state index contributed by atoms with van der Waals surface area (Å²) in [4.78, 5) is 12.4. The standard InChI is InChI=1S/C16H10ClF2IN4O/c1-8-15(22-23-24(8)11-4-2-3-9(17)5-11)16(25)21-10-6-12(18)14(20)13(19)7-10/h2-7H,1H3,(H,21,25). The van der Waals surface area contributed by atoms with Crippen LogP contribution in [0.25, 0.3) is 5.69 Å². The molecule has 3 rings (SSSR count). The number of anilines is 1. The number of hydrogen-bond acceptors (Lipinski definition) is 3. The Morgan fingerprint density at radius 2 is 1.92 bits per heavy atom. The van der Waals surface area contributed by atoms with Crippen LogP contribution >= 0.6 is 34.2 Å². The first-order valence-corrected chi connectivity index (χ1v) is 8.46. The number of benzene rings is 2. The maximum Gasteiger partial charge on any atom is 0.278 e. The Bertz CT molecular complexity index is 954. The van der Waals surface area contributed by atoms with Gasteiger partial charge in [0.15, 0.2) is 5.69 Å². The average molecular weight is 475 g/mol. The Morgan fingerprint density at radius 1 is 1.24 bits per heavy atom. The minimum Gasteiger partial charge on any atom is -0.320 e. The third kappa shape index (κ3) is 3.64. The van der Waals surface area contributed by atoms with E-state index < -0.39 is 17.5 Å². The fourth-order valence-electron chi connectivity index (χ4n) is 2.21. The van der Waals surface area contributed by atoms with Crippen LogP contribution in [0, 0.1) is 22.1 Å². The highest BCUT2D eigenvalue weighted by Gasteiger charge is 2.19. The molecule has 3 aromatic rings. The van der Waals surface area contributed by atoms with Crippen LogP contribution in [0.4, 0.5) is 14.5 Å². The van der Waals surface area contributed by atoms with E-state index in [1.165, 1.54) is 4.68 Å². The number of nitrogens with one attached hydrogen (secondary N) is 1. The quantitative estimate of drug-likeness (QED) is 0.453. The third-order valence-electron chi connectivity index (χ3n) is 3.40. The fourth-order valence-corrected chi connectivity index (χ4v) is 2.71. The number of nitrogens with zero attached hydrogens (tertiary/aromatic N) is 3. The minimum absolute atomic E-state index is 0.00267. The predicted molar refractivity (Wildman–Crippen MR) is 98.1 cm³/mol. The van der Waals surface area contributed by atoms with Gasteiger partial charge in [-0.2, -0.15) is 0 Å². The first-order valence-electron chi connectivity index (χ1n) is 7.01. The smallest absolute Gasteiger partial charge is 0.278 e. The summed E-state index contributed by atoms with van der Waals surface area (Å²) in [6, 6.07) is 8.98. The first kappa shape index (κ1) is 17.7. The maximum atomic E-state index is 13.6. The molecule has 0 aliphatic rings. The van der Waals surface area contributed by atoms with E-state index in [4.69, 9.17) is 11.6 Å². The van der Waals surface area contributed by atoms with E-state index in [1.807, 2.05) is 0 Å². The fraction of sp³-hybridized carbons (Fsp3) is 0.0625. The molecule has 1 heterocycles. The number of hydrogen-bond donors (Lipinski definition) is 1. The van der Waals surface area contributed by atoms with Gasteiger partial charge in [-0.25, -0.2) is 13.5 Å². The molecule has 0 aliphatic carbocycles. The van der Waals surface area contributed by atoms with Gasteiger partial charge in [0.25, 0.3) is 5.91 Å². The molecule has 0 bridgehead atoms. The molecule has 0 radical (unpaired) electrons. The van der Waals surface area contributed by atoms with Crippen molar-refractivity contribution in [3.8, 4) is 5.69 Å². The van der Waals surface area contributed by atoms with Crippen LogP contribution in [0.2, 0.25) is 5.02 Å². The molecule has 1 N–H and O–H groups in total. The van der Waals surface area contributed by atoms with E-state index in [-0.39, 0.29) is 15.0 Å². The zero-order valence-electron chi connectivity index (χ0n) is 12.7. The van der Waals surface area contributed by atoms with Gasteiger partial charge in [0, 0.05) is 10.7 Å². The van der Waals surface area contributed by atoms with Crippen LogP contribution in [0.3, 0.4) is 0 Å². The highest BCUT2D eigenvalue weighted by molar-refractivity contribution is 14.1. The monoisotopic (exact) mass is 474 g/mol. The Kier molecular flexibility index (Phi) is 5.00. The first-order chi connectivity index (χ1) is 11.9. The highest BCUT2D eigenvalue weighted by Crippen LogP contribution is 2.22. The molecule has 0 unspecified atom stereocenters. The van der Waals surface area contributed by atoms with E-state index in [0.29, 0.717) is 16.4 Å². The lowest BCUT2D eigenvalue weighted by Gasteiger charge is -2.07. The average Bonchev–Trinajstić information content (AvgIpc) is 2.94. The molecule has 0 spiro atoms. The molecule has 1 amide bonds. The summed E-state index contributed by atoms with van der Waals surface area (Å²) in [7, 11) is 0. The molecular weight excluding hydrogens is 465 g/mol. The van der Waals surface area contributed by atoms with Gasteiger partial charge in [0.2, 0.25) is 0 Å². The van der Waals surface area contributed by atoms with Gasteiger partial charge in [0.05, 0.1) is 15.0 Å². The normalized spacial score (nSPS) is 10.8. The van der Waals surface area contributed by atoms with Gasteiger partial charge in [-0.15, -0.1) is 5.10 Å². The molecule has 0 saturated carbocycles. The summed E-state index contributed by atoms with van der Waals surface area (Å²) >= 11 is 7.50. The summed E-state index contributed by atoms with van der Waals surface area (Å²) in [6.45, 7) is 1.66. The van der Waals surface area contributed by atoms with Gasteiger partial charge < -0.3 is 5.32 Å². The van der Waals surface area contributed by atoms with Crippen LogP contribution in [-0.2, 0) is 0 Å². The lowest BCUT2D eigenvalue weighted by atomic mass is 10.2. The molecule has 0 saturated heterocycles. The van der Waals surface area contributed by atoms with Crippen molar-refractivity contribution in [2.24, 2.45) is 0 Å². The van der Waals surface area contributed by atoms with Gasteiger partial charge in [-0.1, -0.05) is 22.9 Å². The lowest BCUT2D eigenvalue weighted by molar-refractivity contribution is 0.102. The van der Waals surface area contributed by atoms with Crippen molar-refractivity contribution in [1.82, 2.24) is 15.0 Å². The van der Waals surface area contributed by atoms with Crippen LogP contribution in [-0.4, -0.2) is 20.9 Å². The summed E-state index contributed by atoms with van der Waals surface area (Å²) in [5, 5.41) is 10.7. The maximum absolute atomic E-state index is 13.6. The summed E-state index contributed by atoms with van der Waals surface area (Å²) in [6.07, 6.45) is 0. The highest BCUT2D eigenvalue weighted by atomic mass is 127. The predicted octanol–water partition coefficient (Wildman–Crippen LogP) is 4.36. The molecule has 25 heavy (non-hydrogen) atoms. The molecule has 0 aliphatic heterocycles. The Labute approximate surface area is 160 Å². The van der Waals surface area contributed by atoms with Crippen LogP contribution in [0.1, 0.15) is 16.2 Å². The Hall–Kier alpha value is -2.07.